The molecule has 0 aromatic carbocycles. The molecule has 2 aromatic heterocycles. The number of hydrogen-bond acceptors (Lipinski definition) is 5. The summed E-state index contributed by atoms with van der Waals surface area (Å²) in [5.74, 6) is 1.26. The third-order valence-electron chi connectivity index (χ3n) is 3.20. The Balaban J connectivity index is 1.68. The van der Waals surface area contributed by atoms with Crippen LogP contribution in [-0.2, 0) is 13.0 Å². The predicted octanol–water partition coefficient (Wildman–Crippen LogP) is 0.586. The molecular formula is C11H15N5O. The van der Waals surface area contributed by atoms with Crippen LogP contribution in [0.1, 0.15) is 23.9 Å². The van der Waals surface area contributed by atoms with E-state index in [1.54, 1.807) is 0 Å². The van der Waals surface area contributed by atoms with E-state index < -0.39 is 0 Å². The molecule has 0 saturated carbocycles. The second-order valence-electron chi connectivity index (χ2n) is 4.29. The maximum Gasteiger partial charge on any atom is 0.228 e. The third kappa shape index (κ3) is 2.21. The standard InChI is InChI=1S/C11H15N5O/c1-3-12-5-9(1)10-6-13-8-16(10)4-2-11-14-7-15-17-11/h6-9,12H,1-5H2. The van der Waals surface area contributed by atoms with Crippen molar-refractivity contribution in [3.8, 4) is 0 Å². The summed E-state index contributed by atoms with van der Waals surface area (Å²) in [5.41, 5.74) is 1.30. The van der Waals surface area contributed by atoms with Crippen LogP contribution in [0.25, 0.3) is 0 Å². The molecule has 0 radical (unpaired) electrons. The van der Waals surface area contributed by atoms with Crippen molar-refractivity contribution in [2.75, 3.05) is 13.1 Å². The van der Waals surface area contributed by atoms with Crippen molar-refractivity contribution in [1.82, 2.24) is 25.0 Å². The molecule has 90 valence electrons. The summed E-state index contributed by atoms with van der Waals surface area (Å²) in [4.78, 5) is 8.25. The van der Waals surface area contributed by atoms with E-state index in [1.807, 2.05) is 12.5 Å². The lowest BCUT2D eigenvalue weighted by molar-refractivity contribution is 0.369. The van der Waals surface area contributed by atoms with E-state index in [0.29, 0.717) is 11.8 Å². The highest BCUT2D eigenvalue weighted by atomic mass is 16.5. The highest BCUT2D eigenvalue weighted by molar-refractivity contribution is 5.09. The molecule has 1 aliphatic heterocycles. The smallest absolute Gasteiger partial charge is 0.228 e. The Morgan fingerprint density at radius 1 is 1.53 bits per heavy atom. The van der Waals surface area contributed by atoms with Crippen molar-refractivity contribution in [3.63, 3.8) is 0 Å². The summed E-state index contributed by atoms with van der Waals surface area (Å²) in [7, 11) is 0. The fourth-order valence-corrected chi connectivity index (χ4v) is 2.29. The minimum absolute atomic E-state index is 0.584. The first-order valence-electron chi connectivity index (χ1n) is 5.90. The summed E-state index contributed by atoms with van der Waals surface area (Å²) >= 11 is 0. The monoisotopic (exact) mass is 233 g/mol. The van der Waals surface area contributed by atoms with Gasteiger partial charge in [0.1, 0.15) is 0 Å². The summed E-state index contributed by atoms with van der Waals surface area (Å²) in [6.45, 7) is 2.99. The number of rotatable bonds is 4. The summed E-state index contributed by atoms with van der Waals surface area (Å²) < 4.78 is 7.17. The highest BCUT2D eigenvalue weighted by Crippen LogP contribution is 2.21. The van der Waals surface area contributed by atoms with Crippen molar-refractivity contribution in [3.05, 3.63) is 30.4 Å². The van der Waals surface area contributed by atoms with Crippen molar-refractivity contribution >= 4 is 0 Å². The number of imidazole rings is 1. The predicted molar refractivity (Wildman–Crippen MR) is 60.5 cm³/mol. The fourth-order valence-electron chi connectivity index (χ4n) is 2.29. The Hall–Kier alpha value is -1.69. The van der Waals surface area contributed by atoms with E-state index >= 15 is 0 Å². The molecule has 1 N–H and O–H groups in total. The average molecular weight is 233 g/mol. The highest BCUT2D eigenvalue weighted by Gasteiger charge is 2.20. The molecule has 0 amide bonds. The minimum Gasteiger partial charge on any atom is -0.340 e. The Labute approximate surface area is 99.0 Å². The molecule has 1 fully saturated rings. The lowest BCUT2D eigenvalue weighted by Crippen LogP contribution is -2.12. The fraction of sp³-hybridized carbons (Fsp3) is 0.545. The number of hydrogen-bond donors (Lipinski definition) is 1. The zero-order valence-electron chi connectivity index (χ0n) is 9.54. The molecule has 1 unspecified atom stereocenters. The van der Waals surface area contributed by atoms with Gasteiger partial charge in [-0.15, -0.1) is 0 Å². The van der Waals surface area contributed by atoms with Gasteiger partial charge in [0.2, 0.25) is 5.89 Å². The van der Waals surface area contributed by atoms with Gasteiger partial charge in [-0.25, -0.2) is 4.98 Å². The van der Waals surface area contributed by atoms with Gasteiger partial charge in [0.25, 0.3) is 0 Å². The molecular weight excluding hydrogens is 218 g/mol. The van der Waals surface area contributed by atoms with Crippen molar-refractivity contribution in [2.45, 2.75) is 25.3 Å². The van der Waals surface area contributed by atoms with E-state index in [0.717, 1.165) is 26.1 Å². The lowest BCUT2D eigenvalue weighted by atomic mass is 10.1. The van der Waals surface area contributed by atoms with Gasteiger partial charge >= 0.3 is 0 Å². The van der Waals surface area contributed by atoms with Gasteiger partial charge in [0.05, 0.1) is 6.33 Å². The van der Waals surface area contributed by atoms with Crippen molar-refractivity contribution < 1.29 is 4.52 Å². The number of nitrogens with one attached hydrogen (secondary N) is 1. The molecule has 1 aliphatic rings. The SMILES string of the molecule is c1noc(CCn2cncc2C2CCNC2)n1. The van der Waals surface area contributed by atoms with Crippen molar-refractivity contribution in [1.29, 1.82) is 0 Å². The van der Waals surface area contributed by atoms with Gasteiger partial charge in [0, 0.05) is 37.3 Å². The lowest BCUT2D eigenvalue weighted by Gasteiger charge is -2.11. The Bertz CT molecular complexity index is 458. The van der Waals surface area contributed by atoms with Gasteiger partial charge in [-0.05, 0) is 13.0 Å². The second-order valence-corrected chi connectivity index (χ2v) is 4.29. The summed E-state index contributed by atoms with van der Waals surface area (Å²) in [6.07, 6.45) is 7.22. The minimum atomic E-state index is 0.584. The second kappa shape index (κ2) is 4.67. The van der Waals surface area contributed by atoms with E-state index in [-0.39, 0.29) is 0 Å². The van der Waals surface area contributed by atoms with E-state index in [2.05, 4.69) is 25.0 Å². The van der Waals surface area contributed by atoms with Gasteiger partial charge in [-0.3, -0.25) is 0 Å². The van der Waals surface area contributed by atoms with Crippen LogP contribution in [0.15, 0.2) is 23.4 Å². The first kappa shape index (κ1) is 10.5. The van der Waals surface area contributed by atoms with Crippen LogP contribution in [0.5, 0.6) is 0 Å². The molecule has 17 heavy (non-hydrogen) atoms. The largest absolute Gasteiger partial charge is 0.340 e. The van der Waals surface area contributed by atoms with E-state index in [1.165, 1.54) is 18.4 Å². The van der Waals surface area contributed by atoms with Crippen LogP contribution < -0.4 is 5.32 Å². The van der Waals surface area contributed by atoms with Crippen LogP contribution >= 0.6 is 0 Å². The topological polar surface area (TPSA) is 68.8 Å². The van der Waals surface area contributed by atoms with E-state index in [9.17, 15) is 0 Å². The van der Waals surface area contributed by atoms with Crippen LogP contribution in [0.4, 0.5) is 0 Å². The summed E-state index contributed by atoms with van der Waals surface area (Å²) in [6, 6.07) is 0. The zero-order chi connectivity index (χ0) is 11.5. The first-order valence-corrected chi connectivity index (χ1v) is 5.90. The molecule has 0 bridgehead atoms. The molecule has 6 heteroatoms. The number of aryl methyl sites for hydroxylation is 2. The molecule has 1 saturated heterocycles. The van der Waals surface area contributed by atoms with E-state index in [4.69, 9.17) is 4.52 Å². The Morgan fingerprint density at radius 3 is 3.29 bits per heavy atom. The van der Waals surface area contributed by atoms with Gasteiger partial charge in [0.15, 0.2) is 6.33 Å². The molecule has 6 nitrogen and oxygen atoms in total. The normalized spacial score (nSPS) is 19.9. The molecule has 2 aromatic rings. The number of nitrogens with zero attached hydrogens (tertiary/aromatic N) is 4. The zero-order valence-corrected chi connectivity index (χ0v) is 9.54. The Kier molecular flexibility index (Phi) is 2.87. The van der Waals surface area contributed by atoms with Gasteiger partial charge in [-0.2, -0.15) is 4.98 Å². The van der Waals surface area contributed by atoms with Crippen molar-refractivity contribution in [2.24, 2.45) is 0 Å². The van der Waals surface area contributed by atoms with Crippen LogP contribution in [-0.4, -0.2) is 32.8 Å². The quantitative estimate of drug-likeness (QED) is 0.836. The van der Waals surface area contributed by atoms with Crippen LogP contribution in [0.3, 0.4) is 0 Å². The maximum atomic E-state index is 4.99. The Morgan fingerprint density at radius 2 is 2.53 bits per heavy atom. The molecule has 3 heterocycles. The van der Waals surface area contributed by atoms with Crippen LogP contribution in [0.2, 0.25) is 0 Å². The first-order chi connectivity index (χ1) is 8.43. The molecule has 0 aliphatic carbocycles. The molecule has 3 rings (SSSR count). The molecule has 1 atom stereocenters. The summed E-state index contributed by atoms with van der Waals surface area (Å²) in [5, 5.41) is 6.98. The average Bonchev–Trinajstić information content (AvgIpc) is 3.09. The van der Waals surface area contributed by atoms with Gasteiger partial charge < -0.3 is 14.4 Å². The third-order valence-corrected chi connectivity index (χ3v) is 3.20. The van der Waals surface area contributed by atoms with Gasteiger partial charge in [-0.1, -0.05) is 5.16 Å². The maximum absolute atomic E-state index is 4.99. The number of aromatic nitrogens is 4. The molecule has 0 spiro atoms. The van der Waals surface area contributed by atoms with Crippen LogP contribution in [0, 0.1) is 0 Å².